The van der Waals surface area contributed by atoms with Crippen molar-refractivity contribution >= 4 is 18.1 Å². The third kappa shape index (κ3) is 3.47. The molecule has 0 spiro atoms. The second-order valence-electron chi connectivity index (χ2n) is 4.17. The lowest BCUT2D eigenvalue weighted by molar-refractivity contribution is -0.118. The van der Waals surface area contributed by atoms with Gasteiger partial charge in [0, 0.05) is 30.9 Å². The maximum absolute atomic E-state index is 10.7. The van der Waals surface area contributed by atoms with Crippen molar-refractivity contribution in [2.75, 3.05) is 0 Å². The average molecular weight is 277 g/mol. The lowest BCUT2D eigenvalue weighted by atomic mass is 10.2. The van der Waals surface area contributed by atoms with Crippen LogP contribution in [0, 0.1) is 4.77 Å². The van der Waals surface area contributed by atoms with Gasteiger partial charge >= 0.3 is 0 Å². The molecule has 1 amide bonds. The Kier molecular flexibility index (Phi) is 4.40. The molecule has 19 heavy (non-hydrogen) atoms. The van der Waals surface area contributed by atoms with Gasteiger partial charge in [0.2, 0.25) is 5.91 Å². The highest BCUT2D eigenvalue weighted by molar-refractivity contribution is 7.71. The number of nitrogens with zero attached hydrogens (tertiary/aromatic N) is 3. The fraction of sp³-hybridized carbons (Fsp3) is 0.333. The number of nitrogens with two attached hydrogens (primary N) is 1. The molecule has 0 radical (unpaired) electrons. The second kappa shape index (κ2) is 6.24. The molecule has 0 atom stereocenters. The summed E-state index contributed by atoms with van der Waals surface area (Å²) in [4.78, 5) is 14.8. The van der Waals surface area contributed by atoms with Crippen molar-refractivity contribution in [1.29, 1.82) is 0 Å². The van der Waals surface area contributed by atoms with Crippen molar-refractivity contribution in [2.24, 2.45) is 5.73 Å². The number of nitrogens with one attached hydrogen (secondary N) is 1. The quantitative estimate of drug-likeness (QED) is 0.620. The Morgan fingerprint density at radius 3 is 3.00 bits per heavy atom. The van der Waals surface area contributed by atoms with Crippen LogP contribution in [-0.2, 0) is 11.3 Å². The molecule has 6 nitrogen and oxygen atoms in total. The van der Waals surface area contributed by atoms with Crippen LogP contribution < -0.4 is 5.73 Å². The van der Waals surface area contributed by atoms with Crippen LogP contribution >= 0.6 is 12.2 Å². The third-order valence-corrected chi connectivity index (χ3v) is 3.04. The molecule has 2 aromatic rings. The molecule has 0 aliphatic rings. The first-order valence-electron chi connectivity index (χ1n) is 6.02. The molecule has 2 rings (SSSR count). The number of aromatic nitrogens is 4. The molecule has 3 N–H and O–H groups in total. The maximum Gasteiger partial charge on any atom is 0.217 e. The van der Waals surface area contributed by atoms with E-state index in [1.807, 2.05) is 16.7 Å². The van der Waals surface area contributed by atoms with Gasteiger partial charge in [0.25, 0.3) is 0 Å². The Morgan fingerprint density at radius 2 is 2.32 bits per heavy atom. The van der Waals surface area contributed by atoms with Gasteiger partial charge in [0.05, 0.1) is 0 Å². The topological polar surface area (TPSA) is 89.6 Å². The molecular formula is C12H15N5OS. The summed E-state index contributed by atoms with van der Waals surface area (Å²) >= 11 is 5.21. The van der Waals surface area contributed by atoms with Gasteiger partial charge in [0.15, 0.2) is 10.6 Å². The Balaban J connectivity index is 2.10. The lowest BCUT2D eigenvalue weighted by Gasteiger charge is -2.05. The Morgan fingerprint density at radius 1 is 1.47 bits per heavy atom. The Bertz CT molecular complexity index is 604. The number of aromatic amines is 1. The summed E-state index contributed by atoms with van der Waals surface area (Å²) in [6.45, 7) is 0.701. The van der Waals surface area contributed by atoms with Gasteiger partial charge in [0.1, 0.15) is 0 Å². The Hall–Kier alpha value is -2.02. The molecule has 2 heterocycles. The first-order chi connectivity index (χ1) is 9.18. The van der Waals surface area contributed by atoms with Crippen molar-refractivity contribution in [2.45, 2.75) is 25.8 Å². The number of rotatable bonds is 6. The highest BCUT2D eigenvalue weighted by Gasteiger charge is 2.08. The molecule has 0 saturated heterocycles. The number of amides is 1. The first-order valence-corrected chi connectivity index (χ1v) is 6.43. The van der Waals surface area contributed by atoms with Gasteiger partial charge < -0.3 is 10.3 Å². The average Bonchev–Trinajstić information content (AvgIpc) is 2.77. The number of unbranched alkanes of at least 4 members (excludes halogenated alkanes) is 1. The van der Waals surface area contributed by atoms with Gasteiger partial charge in [-0.1, -0.05) is 0 Å². The number of hydrogen-bond donors (Lipinski definition) is 2. The molecule has 7 heteroatoms. The molecule has 0 bridgehead atoms. The van der Waals surface area contributed by atoms with Crippen molar-refractivity contribution in [3.8, 4) is 11.4 Å². The molecule has 2 aromatic heterocycles. The zero-order chi connectivity index (χ0) is 13.7. The standard InChI is InChI=1S/C12H15N5OS/c13-10(18)5-1-2-7-17-11(15-16-12(17)19)9-4-3-6-14-8-9/h3-4,6,8H,1-2,5,7H2,(H2,13,18)(H,16,19). The van der Waals surface area contributed by atoms with Gasteiger partial charge in [-0.25, -0.2) is 0 Å². The zero-order valence-electron chi connectivity index (χ0n) is 10.4. The molecule has 100 valence electrons. The predicted octanol–water partition coefficient (Wildman–Crippen LogP) is 1.66. The fourth-order valence-corrected chi connectivity index (χ4v) is 2.03. The van der Waals surface area contributed by atoms with Crippen molar-refractivity contribution < 1.29 is 4.79 Å². The van der Waals surface area contributed by atoms with E-state index < -0.39 is 0 Å². The van der Waals surface area contributed by atoms with Crippen LogP contribution in [0.1, 0.15) is 19.3 Å². The zero-order valence-corrected chi connectivity index (χ0v) is 11.2. The van der Waals surface area contributed by atoms with E-state index in [2.05, 4.69) is 15.2 Å². The summed E-state index contributed by atoms with van der Waals surface area (Å²) in [6.07, 6.45) is 5.42. The van der Waals surface area contributed by atoms with Gasteiger partial charge in [-0.15, -0.1) is 0 Å². The number of carbonyl (C=O) groups is 1. The fourth-order valence-electron chi connectivity index (χ4n) is 1.81. The largest absolute Gasteiger partial charge is 0.370 e. The monoisotopic (exact) mass is 277 g/mol. The third-order valence-electron chi connectivity index (χ3n) is 2.73. The van der Waals surface area contributed by atoms with E-state index in [9.17, 15) is 4.79 Å². The minimum Gasteiger partial charge on any atom is -0.370 e. The van der Waals surface area contributed by atoms with Gasteiger partial charge in [-0.05, 0) is 37.2 Å². The molecule has 0 aromatic carbocycles. The van der Waals surface area contributed by atoms with Crippen LogP contribution in [0.3, 0.4) is 0 Å². The normalized spacial score (nSPS) is 10.5. The summed E-state index contributed by atoms with van der Waals surface area (Å²) in [6, 6.07) is 3.78. The summed E-state index contributed by atoms with van der Waals surface area (Å²) < 4.78 is 2.48. The number of carbonyl (C=O) groups excluding carboxylic acids is 1. The van der Waals surface area contributed by atoms with Crippen LogP contribution in [0.5, 0.6) is 0 Å². The van der Waals surface area contributed by atoms with Crippen molar-refractivity contribution in [1.82, 2.24) is 19.7 Å². The van der Waals surface area contributed by atoms with Crippen LogP contribution in [0.25, 0.3) is 11.4 Å². The van der Waals surface area contributed by atoms with Gasteiger partial charge in [-0.2, -0.15) is 5.10 Å². The minimum atomic E-state index is -0.275. The molecular weight excluding hydrogens is 262 g/mol. The summed E-state index contributed by atoms with van der Waals surface area (Å²) in [5.41, 5.74) is 6.02. The number of pyridine rings is 1. The smallest absolute Gasteiger partial charge is 0.217 e. The van der Waals surface area contributed by atoms with E-state index in [0.29, 0.717) is 17.7 Å². The summed E-state index contributed by atoms with van der Waals surface area (Å²) in [7, 11) is 0. The van der Waals surface area contributed by atoms with Crippen LogP contribution in [-0.4, -0.2) is 25.7 Å². The SMILES string of the molecule is NC(=O)CCCCn1c(-c2cccnc2)n[nH]c1=S. The van der Waals surface area contributed by atoms with Gasteiger partial charge in [-0.3, -0.25) is 14.9 Å². The predicted molar refractivity (Wildman–Crippen MR) is 73.7 cm³/mol. The van der Waals surface area contributed by atoms with E-state index >= 15 is 0 Å². The number of hydrogen-bond acceptors (Lipinski definition) is 4. The molecule has 0 fully saturated rings. The number of primary amides is 1. The highest BCUT2D eigenvalue weighted by Crippen LogP contribution is 2.16. The first kappa shape index (κ1) is 13.4. The van der Waals surface area contributed by atoms with Crippen LogP contribution in [0.15, 0.2) is 24.5 Å². The van der Waals surface area contributed by atoms with Crippen LogP contribution in [0.2, 0.25) is 0 Å². The molecule has 0 aliphatic carbocycles. The Labute approximate surface area is 115 Å². The maximum atomic E-state index is 10.7. The molecule has 0 unspecified atom stereocenters. The van der Waals surface area contributed by atoms with Crippen molar-refractivity contribution in [3.05, 3.63) is 29.3 Å². The van der Waals surface area contributed by atoms with E-state index in [1.165, 1.54) is 0 Å². The highest BCUT2D eigenvalue weighted by atomic mass is 32.1. The summed E-state index contributed by atoms with van der Waals surface area (Å²) in [5.74, 6) is 0.487. The summed E-state index contributed by atoms with van der Waals surface area (Å²) in [5, 5.41) is 7.00. The van der Waals surface area contributed by atoms with Crippen molar-refractivity contribution in [3.63, 3.8) is 0 Å². The van der Waals surface area contributed by atoms with E-state index in [4.69, 9.17) is 18.0 Å². The number of H-pyrrole nitrogens is 1. The van der Waals surface area contributed by atoms with E-state index in [0.717, 1.165) is 24.2 Å². The second-order valence-corrected chi connectivity index (χ2v) is 4.56. The van der Waals surface area contributed by atoms with E-state index in [1.54, 1.807) is 12.4 Å². The van der Waals surface area contributed by atoms with E-state index in [-0.39, 0.29) is 5.91 Å². The molecule has 0 aliphatic heterocycles. The minimum absolute atomic E-state index is 0.275. The lowest BCUT2D eigenvalue weighted by Crippen LogP contribution is -2.10. The van der Waals surface area contributed by atoms with Crippen LogP contribution in [0.4, 0.5) is 0 Å². The molecule has 0 saturated carbocycles.